The highest BCUT2D eigenvalue weighted by molar-refractivity contribution is 5.90. The molecule has 0 aromatic heterocycles. The molecular formula is C27H24O4. The van der Waals surface area contributed by atoms with E-state index in [2.05, 4.69) is 13.2 Å². The zero-order valence-corrected chi connectivity index (χ0v) is 17.1. The number of phenolic OH excluding ortho intramolecular Hbond substituents is 2. The topological polar surface area (TPSA) is 66.8 Å². The molecule has 156 valence electrons. The van der Waals surface area contributed by atoms with Gasteiger partial charge in [-0.25, -0.2) is 4.79 Å². The molecule has 0 aliphatic carbocycles. The number of ether oxygens (including phenoxy) is 1. The number of benzene rings is 3. The van der Waals surface area contributed by atoms with Crippen LogP contribution >= 0.6 is 0 Å². The lowest BCUT2D eigenvalue weighted by atomic mass is 9.97. The number of phenols is 2. The molecule has 0 aliphatic rings. The number of carbonyl (C=O) groups excluding carboxylic acids is 1. The summed E-state index contributed by atoms with van der Waals surface area (Å²) in [5.74, 6) is 0.0507. The SMILES string of the molecule is C=CCc1ccc(O)c(-c2cc(CC=C)ccc2OC(=O)/C=C/c2ccc(O)cc2)c1. The highest BCUT2D eigenvalue weighted by Gasteiger charge is 2.14. The van der Waals surface area contributed by atoms with E-state index in [1.807, 2.05) is 24.3 Å². The number of hydrogen-bond acceptors (Lipinski definition) is 4. The van der Waals surface area contributed by atoms with E-state index in [-0.39, 0.29) is 11.5 Å². The van der Waals surface area contributed by atoms with Crippen LogP contribution in [0.5, 0.6) is 17.2 Å². The molecule has 0 aliphatic heterocycles. The summed E-state index contributed by atoms with van der Waals surface area (Å²) in [6, 6.07) is 17.3. The summed E-state index contributed by atoms with van der Waals surface area (Å²) in [6.45, 7) is 7.54. The minimum atomic E-state index is -0.549. The van der Waals surface area contributed by atoms with Crippen LogP contribution < -0.4 is 4.74 Å². The van der Waals surface area contributed by atoms with Crippen LogP contribution in [-0.2, 0) is 17.6 Å². The second kappa shape index (κ2) is 10.1. The standard InChI is InChI=1S/C27H24O4/c1-3-5-20-9-14-25(29)23(17-20)24-18-21(6-4-2)10-15-26(24)31-27(30)16-11-19-7-12-22(28)13-8-19/h3-4,7-18,28-29H,1-2,5-6H2/b16-11+. The fourth-order valence-corrected chi connectivity index (χ4v) is 3.15. The average Bonchev–Trinajstić information content (AvgIpc) is 2.76. The zero-order chi connectivity index (χ0) is 22.2. The van der Waals surface area contributed by atoms with Gasteiger partial charge in [-0.15, -0.1) is 13.2 Å². The Labute approximate surface area is 182 Å². The molecule has 0 fully saturated rings. The van der Waals surface area contributed by atoms with Gasteiger partial charge in [0.25, 0.3) is 0 Å². The molecule has 0 radical (unpaired) electrons. The molecule has 0 saturated carbocycles. The summed E-state index contributed by atoms with van der Waals surface area (Å²) in [6.07, 6.45) is 7.81. The molecule has 0 spiro atoms. The van der Waals surface area contributed by atoms with Crippen LogP contribution in [0.15, 0.2) is 92.0 Å². The van der Waals surface area contributed by atoms with Crippen LogP contribution in [0.3, 0.4) is 0 Å². The smallest absolute Gasteiger partial charge is 0.336 e. The summed E-state index contributed by atoms with van der Waals surface area (Å²) in [5.41, 5.74) is 3.93. The molecule has 31 heavy (non-hydrogen) atoms. The first-order valence-corrected chi connectivity index (χ1v) is 9.86. The maximum atomic E-state index is 12.5. The van der Waals surface area contributed by atoms with Gasteiger partial charge >= 0.3 is 5.97 Å². The molecule has 3 rings (SSSR count). The van der Waals surface area contributed by atoms with Crippen molar-refractivity contribution in [1.82, 2.24) is 0 Å². The van der Waals surface area contributed by atoms with E-state index in [0.29, 0.717) is 29.7 Å². The van der Waals surface area contributed by atoms with Crippen molar-refractivity contribution in [2.75, 3.05) is 0 Å². The van der Waals surface area contributed by atoms with E-state index in [9.17, 15) is 15.0 Å². The second-order valence-electron chi connectivity index (χ2n) is 7.01. The zero-order valence-electron chi connectivity index (χ0n) is 17.1. The Bertz CT molecular complexity index is 1120. The Morgan fingerprint density at radius 2 is 1.45 bits per heavy atom. The van der Waals surface area contributed by atoms with Crippen LogP contribution in [0.2, 0.25) is 0 Å². The van der Waals surface area contributed by atoms with Crippen molar-refractivity contribution >= 4 is 12.0 Å². The first-order chi connectivity index (χ1) is 15.0. The van der Waals surface area contributed by atoms with E-state index in [0.717, 1.165) is 16.7 Å². The van der Waals surface area contributed by atoms with Crippen molar-refractivity contribution < 1.29 is 19.7 Å². The largest absolute Gasteiger partial charge is 0.508 e. The van der Waals surface area contributed by atoms with E-state index in [4.69, 9.17) is 4.74 Å². The summed E-state index contributed by atoms with van der Waals surface area (Å²) >= 11 is 0. The molecule has 2 N–H and O–H groups in total. The molecule has 3 aromatic carbocycles. The minimum absolute atomic E-state index is 0.0977. The van der Waals surface area contributed by atoms with Gasteiger partial charge in [-0.05, 0) is 72.0 Å². The maximum Gasteiger partial charge on any atom is 0.336 e. The summed E-state index contributed by atoms with van der Waals surface area (Å²) < 4.78 is 5.60. The summed E-state index contributed by atoms with van der Waals surface area (Å²) in [4.78, 5) is 12.5. The molecule has 0 amide bonds. The van der Waals surface area contributed by atoms with Gasteiger partial charge in [-0.1, -0.05) is 36.4 Å². The van der Waals surface area contributed by atoms with Crippen molar-refractivity contribution in [2.24, 2.45) is 0 Å². The molecule has 0 bridgehead atoms. The molecule has 4 nitrogen and oxygen atoms in total. The molecule has 0 unspecified atom stereocenters. The van der Waals surface area contributed by atoms with Crippen molar-refractivity contribution in [3.05, 3.63) is 109 Å². The van der Waals surface area contributed by atoms with Gasteiger partial charge in [0.1, 0.15) is 17.2 Å². The Kier molecular flexibility index (Phi) is 7.07. The third-order valence-corrected chi connectivity index (χ3v) is 4.67. The van der Waals surface area contributed by atoms with E-state index in [1.54, 1.807) is 54.6 Å². The lowest BCUT2D eigenvalue weighted by Gasteiger charge is -2.13. The maximum absolute atomic E-state index is 12.5. The molecule has 0 atom stereocenters. The van der Waals surface area contributed by atoms with E-state index < -0.39 is 5.97 Å². The monoisotopic (exact) mass is 412 g/mol. The lowest BCUT2D eigenvalue weighted by Crippen LogP contribution is -2.05. The number of hydrogen-bond donors (Lipinski definition) is 2. The number of esters is 1. The lowest BCUT2D eigenvalue weighted by molar-refractivity contribution is -0.128. The first-order valence-electron chi connectivity index (χ1n) is 9.86. The Morgan fingerprint density at radius 3 is 2.10 bits per heavy atom. The van der Waals surface area contributed by atoms with Crippen molar-refractivity contribution in [1.29, 1.82) is 0 Å². The van der Waals surface area contributed by atoms with Crippen molar-refractivity contribution in [3.63, 3.8) is 0 Å². The minimum Gasteiger partial charge on any atom is -0.508 e. The number of aromatic hydroxyl groups is 2. The summed E-state index contributed by atoms with van der Waals surface area (Å²) in [7, 11) is 0. The molecule has 0 heterocycles. The first kappa shape index (κ1) is 21.7. The fraction of sp³-hybridized carbons (Fsp3) is 0.0741. The number of carbonyl (C=O) groups is 1. The highest BCUT2D eigenvalue weighted by atomic mass is 16.5. The summed E-state index contributed by atoms with van der Waals surface area (Å²) in [5, 5.41) is 19.8. The van der Waals surface area contributed by atoms with Crippen LogP contribution in [0.4, 0.5) is 0 Å². The van der Waals surface area contributed by atoms with E-state index in [1.165, 1.54) is 6.08 Å². The Morgan fingerprint density at radius 1 is 0.839 bits per heavy atom. The molecule has 3 aromatic rings. The second-order valence-corrected chi connectivity index (χ2v) is 7.01. The fourth-order valence-electron chi connectivity index (χ4n) is 3.15. The van der Waals surface area contributed by atoms with Crippen molar-refractivity contribution in [3.8, 4) is 28.4 Å². The number of allylic oxidation sites excluding steroid dienone is 2. The van der Waals surface area contributed by atoms with Gasteiger partial charge in [0.15, 0.2) is 0 Å². The molecular weight excluding hydrogens is 388 g/mol. The van der Waals surface area contributed by atoms with Gasteiger partial charge < -0.3 is 14.9 Å². The molecule has 0 saturated heterocycles. The Balaban J connectivity index is 1.94. The van der Waals surface area contributed by atoms with Gasteiger partial charge in [-0.2, -0.15) is 0 Å². The predicted molar refractivity (Wildman–Crippen MR) is 124 cm³/mol. The van der Waals surface area contributed by atoms with Gasteiger partial charge in [0, 0.05) is 17.2 Å². The van der Waals surface area contributed by atoms with Gasteiger partial charge in [-0.3, -0.25) is 0 Å². The highest BCUT2D eigenvalue weighted by Crippen LogP contribution is 2.37. The Hall–Kier alpha value is -4.05. The predicted octanol–water partition coefficient (Wildman–Crippen LogP) is 5.84. The van der Waals surface area contributed by atoms with Gasteiger partial charge in [0.2, 0.25) is 0 Å². The van der Waals surface area contributed by atoms with Crippen molar-refractivity contribution in [2.45, 2.75) is 12.8 Å². The van der Waals surface area contributed by atoms with Gasteiger partial charge in [0.05, 0.1) is 0 Å². The number of rotatable bonds is 8. The van der Waals surface area contributed by atoms with E-state index >= 15 is 0 Å². The normalized spacial score (nSPS) is 10.7. The average molecular weight is 412 g/mol. The van der Waals surface area contributed by atoms with Crippen LogP contribution in [0, 0.1) is 0 Å². The van der Waals surface area contributed by atoms with Crippen LogP contribution in [-0.4, -0.2) is 16.2 Å². The third-order valence-electron chi connectivity index (χ3n) is 4.67. The van der Waals surface area contributed by atoms with Crippen LogP contribution in [0.1, 0.15) is 16.7 Å². The third kappa shape index (κ3) is 5.73. The van der Waals surface area contributed by atoms with Crippen LogP contribution in [0.25, 0.3) is 17.2 Å². The quantitative estimate of drug-likeness (QED) is 0.211. The molecule has 4 heteroatoms.